The Labute approximate surface area is 186 Å². The summed E-state index contributed by atoms with van der Waals surface area (Å²) in [4.78, 5) is 29.7. The van der Waals surface area contributed by atoms with E-state index < -0.39 is 29.0 Å². The van der Waals surface area contributed by atoms with Gasteiger partial charge in [-0.1, -0.05) is 24.3 Å². The SMILES string of the molecule is N#CC1(C#N)[C@H]2C(=O)N(C34CC5CC(CC(C5)C3)C4)C(=O)[C@H]2[C@H]2c3ccccc3C=NN21. The molecule has 8 rings (SSSR count). The van der Waals surface area contributed by atoms with Gasteiger partial charge in [0.2, 0.25) is 17.4 Å². The van der Waals surface area contributed by atoms with Crippen LogP contribution < -0.4 is 0 Å². The highest BCUT2D eigenvalue weighted by atomic mass is 16.2. The van der Waals surface area contributed by atoms with E-state index >= 15 is 0 Å². The predicted octanol–water partition coefficient (Wildman–Crippen LogP) is 2.75. The Kier molecular flexibility index (Phi) is 3.32. The molecule has 4 aliphatic carbocycles. The van der Waals surface area contributed by atoms with Gasteiger partial charge in [0.25, 0.3) is 0 Å². The first-order valence-corrected chi connectivity index (χ1v) is 11.6. The van der Waals surface area contributed by atoms with E-state index in [0.717, 1.165) is 30.4 Å². The highest BCUT2D eigenvalue weighted by Gasteiger charge is 2.74. The first kappa shape index (κ1) is 18.4. The van der Waals surface area contributed by atoms with Gasteiger partial charge in [-0.15, -0.1) is 0 Å². The van der Waals surface area contributed by atoms with Crippen LogP contribution in [0, 0.1) is 52.3 Å². The molecule has 0 unspecified atom stereocenters. The summed E-state index contributed by atoms with van der Waals surface area (Å²) < 4.78 is 0. The summed E-state index contributed by atoms with van der Waals surface area (Å²) in [6, 6.07) is 11.3. The molecule has 0 radical (unpaired) electrons. The molecular weight excluding hydrogens is 402 g/mol. The first-order chi connectivity index (χ1) is 15.5. The fraction of sp³-hybridized carbons (Fsp3) is 0.560. The zero-order valence-corrected chi connectivity index (χ0v) is 17.6. The zero-order valence-electron chi connectivity index (χ0n) is 17.6. The van der Waals surface area contributed by atoms with Crippen LogP contribution in [0.2, 0.25) is 0 Å². The second-order valence-corrected chi connectivity index (χ2v) is 10.8. The smallest absolute Gasteiger partial charge is 0.242 e. The average Bonchev–Trinajstić information content (AvgIpc) is 3.23. The number of likely N-dealkylation sites (tertiary alicyclic amines) is 1. The molecule has 0 spiro atoms. The van der Waals surface area contributed by atoms with Crippen LogP contribution >= 0.6 is 0 Å². The fourth-order valence-corrected chi connectivity index (χ4v) is 8.55. The van der Waals surface area contributed by atoms with Crippen LogP contribution in [0.4, 0.5) is 0 Å². The Hall–Kier alpha value is -3.19. The zero-order chi connectivity index (χ0) is 21.8. The van der Waals surface area contributed by atoms with Crippen LogP contribution in [0.5, 0.6) is 0 Å². The van der Waals surface area contributed by atoms with Crippen molar-refractivity contribution < 1.29 is 9.59 Å². The van der Waals surface area contributed by atoms with Crippen molar-refractivity contribution in [3.05, 3.63) is 35.4 Å². The largest absolute Gasteiger partial charge is 0.276 e. The minimum Gasteiger partial charge on any atom is -0.276 e. The van der Waals surface area contributed by atoms with E-state index in [0.29, 0.717) is 17.8 Å². The number of nitriles is 2. The molecule has 1 aromatic carbocycles. The number of rotatable bonds is 1. The molecule has 4 saturated carbocycles. The van der Waals surface area contributed by atoms with Crippen molar-refractivity contribution in [1.82, 2.24) is 9.91 Å². The summed E-state index contributed by atoms with van der Waals surface area (Å²) in [5.74, 6) is -0.551. The maximum absolute atomic E-state index is 14.1. The third-order valence-corrected chi connectivity index (χ3v) is 9.22. The third kappa shape index (κ3) is 1.95. The Bertz CT molecular complexity index is 1140. The maximum atomic E-state index is 14.1. The number of imide groups is 1. The Morgan fingerprint density at radius 1 is 0.938 bits per heavy atom. The number of hydrogen-bond acceptors (Lipinski definition) is 6. The quantitative estimate of drug-likeness (QED) is 0.644. The Morgan fingerprint density at radius 3 is 2.19 bits per heavy atom. The minimum absolute atomic E-state index is 0.198. The van der Waals surface area contributed by atoms with Gasteiger partial charge in [0, 0.05) is 0 Å². The number of hydrogen-bond donors (Lipinski definition) is 0. The highest BCUT2D eigenvalue weighted by molar-refractivity contribution is 6.08. The molecule has 6 fully saturated rings. The van der Waals surface area contributed by atoms with Gasteiger partial charge in [0.1, 0.15) is 18.1 Å². The lowest BCUT2D eigenvalue weighted by molar-refractivity contribution is -0.161. The Morgan fingerprint density at radius 2 is 1.56 bits per heavy atom. The molecule has 3 aliphatic heterocycles. The van der Waals surface area contributed by atoms with Gasteiger partial charge in [0.05, 0.1) is 23.7 Å². The van der Waals surface area contributed by atoms with Gasteiger partial charge in [0.15, 0.2) is 0 Å². The van der Waals surface area contributed by atoms with Crippen molar-refractivity contribution in [2.24, 2.45) is 34.7 Å². The number of fused-ring (bicyclic) bond motifs is 5. The predicted molar refractivity (Wildman–Crippen MR) is 112 cm³/mol. The molecule has 0 aromatic heterocycles. The summed E-state index contributed by atoms with van der Waals surface area (Å²) in [6.07, 6.45) is 7.90. The number of hydrazone groups is 1. The van der Waals surface area contributed by atoms with Crippen molar-refractivity contribution in [2.45, 2.75) is 55.6 Å². The van der Waals surface area contributed by atoms with Gasteiger partial charge in [-0.3, -0.25) is 19.5 Å². The summed E-state index contributed by atoms with van der Waals surface area (Å²) in [7, 11) is 0. The second kappa shape index (κ2) is 5.78. The van der Waals surface area contributed by atoms with Crippen molar-refractivity contribution in [3.8, 4) is 12.1 Å². The molecule has 7 heteroatoms. The number of nitrogens with zero attached hydrogens (tertiary/aromatic N) is 5. The summed E-state index contributed by atoms with van der Waals surface area (Å²) in [5.41, 5.74) is -0.471. The summed E-state index contributed by atoms with van der Waals surface area (Å²) >= 11 is 0. The number of amides is 2. The number of benzene rings is 1. The molecule has 0 N–H and O–H groups in total. The van der Waals surface area contributed by atoms with E-state index in [4.69, 9.17) is 0 Å². The lowest BCUT2D eigenvalue weighted by atomic mass is 9.52. The van der Waals surface area contributed by atoms with Gasteiger partial charge in [-0.25, -0.2) is 0 Å². The molecule has 3 heterocycles. The molecule has 2 saturated heterocycles. The molecule has 160 valence electrons. The molecule has 2 amide bonds. The third-order valence-electron chi connectivity index (χ3n) is 9.22. The van der Waals surface area contributed by atoms with E-state index in [2.05, 4.69) is 17.2 Å². The van der Waals surface area contributed by atoms with Gasteiger partial charge >= 0.3 is 0 Å². The van der Waals surface area contributed by atoms with E-state index in [1.807, 2.05) is 24.3 Å². The molecule has 4 bridgehead atoms. The molecule has 32 heavy (non-hydrogen) atoms. The molecule has 7 nitrogen and oxygen atoms in total. The Balaban J connectivity index is 1.38. The topological polar surface area (TPSA) is 101 Å². The number of carbonyl (C=O) groups is 2. The van der Waals surface area contributed by atoms with Crippen LogP contribution in [0.3, 0.4) is 0 Å². The monoisotopic (exact) mass is 425 g/mol. The molecular formula is C25H23N5O2. The highest BCUT2D eigenvalue weighted by Crippen LogP contribution is 2.62. The lowest BCUT2D eigenvalue weighted by Gasteiger charge is -2.59. The maximum Gasteiger partial charge on any atom is 0.242 e. The lowest BCUT2D eigenvalue weighted by Crippen LogP contribution is -2.63. The second-order valence-electron chi connectivity index (χ2n) is 10.8. The van der Waals surface area contributed by atoms with Crippen LogP contribution in [-0.4, -0.2) is 39.0 Å². The molecule has 3 atom stereocenters. The van der Waals surface area contributed by atoms with E-state index in [-0.39, 0.29) is 11.8 Å². The van der Waals surface area contributed by atoms with Crippen LogP contribution in [0.25, 0.3) is 0 Å². The van der Waals surface area contributed by atoms with Gasteiger partial charge < -0.3 is 0 Å². The normalized spacial score (nSPS) is 41.8. The standard InChI is InChI=1S/C25H23N5O2/c26-12-25(13-27)20-19(21-18-4-2-1-3-17(18)11-28-30(21)25)22(31)29(23(20)32)24-8-14-5-15(9-24)7-16(6-14)10-24/h1-4,11,14-16,19-21H,5-10H2/t14?,15?,16?,19-,20-,21-,24?/m1/s1. The van der Waals surface area contributed by atoms with Gasteiger partial charge in [-0.2, -0.15) is 15.6 Å². The van der Waals surface area contributed by atoms with Crippen molar-refractivity contribution in [2.75, 3.05) is 0 Å². The molecule has 7 aliphatic rings. The average molecular weight is 425 g/mol. The van der Waals surface area contributed by atoms with Crippen LogP contribution in [0.15, 0.2) is 29.4 Å². The van der Waals surface area contributed by atoms with Gasteiger partial charge in [-0.05, 0) is 67.4 Å². The first-order valence-electron chi connectivity index (χ1n) is 11.6. The summed E-state index contributed by atoms with van der Waals surface area (Å²) in [5, 5.41) is 26.3. The van der Waals surface area contributed by atoms with E-state index in [1.165, 1.54) is 24.3 Å². The number of carbonyl (C=O) groups excluding carboxylic acids is 2. The van der Waals surface area contributed by atoms with Crippen molar-refractivity contribution in [3.63, 3.8) is 0 Å². The van der Waals surface area contributed by atoms with E-state index in [9.17, 15) is 20.1 Å². The molecule has 1 aromatic rings. The van der Waals surface area contributed by atoms with Crippen molar-refractivity contribution >= 4 is 18.0 Å². The fourth-order valence-electron chi connectivity index (χ4n) is 8.55. The van der Waals surface area contributed by atoms with Crippen molar-refractivity contribution in [1.29, 1.82) is 10.5 Å². The van der Waals surface area contributed by atoms with Crippen LogP contribution in [-0.2, 0) is 9.59 Å². The van der Waals surface area contributed by atoms with Crippen LogP contribution in [0.1, 0.15) is 55.7 Å². The minimum atomic E-state index is -1.77. The summed E-state index contributed by atoms with van der Waals surface area (Å²) in [6.45, 7) is 0. The van der Waals surface area contributed by atoms with E-state index in [1.54, 1.807) is 11.1 Å².